The number of fused-ring (bicyclic) bond motifs is 1. The summed E-state index contributed by atoms with van der Waals surface area (Å²) in [5.74, 6) is 0.445. The third-order valence-electron chi connectivity index (χ3n) is 3.35. The molecule has 5 heteroatoms. The van der Waals surface area contributed by atoms with E-state index >= 15 is 0 Å². The van der Waals surface area contributed by atoms with Crippen LogP contribution in [0.2, 0.25) is 0 Å². The maximum atomic E-state index is 13.1. The minimum Gasteiger partial charge on any atom is -0.460 e. The van der Waals surface area contributed by atoms with E-state index in [1.807, 2.05) is 23.6 Å². The van der Waals surface area contributed by atoms with E-state index in [2.05, 4.69) is 5.32 Å². The van der Waals surface area contributed by atoms with Crippen LogP contribution < -0.4 is 5.32 Å². The third-order valence-corrected chi connectivity index (χ3v) is 4.47. The summed E-state index contributed by atoms with van der Waals surface area (Å²) in [7, 11) is 0. The zero-order valence-corrected chi connectivity index (χ0v) is 12.4. The van der Waals surface area contributed by atoms with Crippen molar-refractivity contribution in [3.05, 3.63) is 58.2 Å². The van der Waals surface area contributed by atoms with Crippen molar-refractivity contribution in [1.29, 1.82) is 0 Å². The fourth-order valence-corrected chi connectivity index (χ4v) is 3.04. The lowest BCUT2D eigenvalue weighted by Crippen LogP contribution is -2.34. The summed E-state index contributed by atoms with van der Waals surface area (Å²) < 4.78 is 18.7. The topological polar surface area (TPSA) is 45.4 Å². The number of hydrogen-bond donors (Lipinski definition) is 2. The summed E-state index contributed by atoms with van der Waals surface area (Å²) in [5.41, 5.74) is -0.245. The van der Waals surface area contributed by atoms with Crippen molar-refractivity contribution in [1.82, 2.24) is 5.32 Å². The molecule has 1 aromatic carbocycles. The first-order valence-electron chi connectivity index (χ1n) is 6.70. The second kappa shape index (κ2) is 5.60. The van der Waals surface area contributed by atoms with Gasteiger partial charge in [0.2, 0.25) is 0 Å². The highest BCUT2D eigenvalue weighted by Crippen LogP contribution is 2.25. The summed E-state index contributed by atoms with van der Waals surface area (Å²) in [5, 5.41) is 16.3. The molecule has 0 aliphatic heterocycles. The van der Waals surface area contributed by atoms with Crippen molar-refractivity contribution in [2.75, 3.05) is 6.54 Å². The van der Waals surface area contributed by atoms with Crippen LogP contribution in [0.15, 0.2) is 46.2 Å². The molecule has 2 heterocycles. The number of hydrogen-bond acceptors (Lipinski definition) is 4. The Bertz CT molecular complexity index is 734. The zero-order chi connectivity index (χ0) is 14.9. The number of aliphatic hydroxyl groups is 1. The van der Waals surface area contributed by atoms with Crippen LogP contribution in [0.4, 0.5) is 4.39 Å². The molecule has 110 valence electrons. The first-order valence-corrected chi connectivity index (χ1v) is 7.58. The van der Waals surface area contributed by atoms with Crippen LogP contribution in [0.5, 0.6) is 0 Å². The van der Waals surface area contributed by atoms with Gasteiger partial charge in [-0.3, -0.25) is 0 Å². The van der Waals surface area contributed by atoms with Gasteiger partial charge in [0.05, 0.1) is 6.54 Å². The van der Waals surface area contributed by atoms with Gasteiger partial charge in [0.15, 0.2) is 0 Å². The Morgan fingerprint density at radius 2 is 2.19 bits per heavy atom. The molecule has 21 heavy (non-hydrogen) atoms. The van der Waals surface area contributed by atoms with E-state index < -0.39 is 5.60 Å². The second-order valence-electron chi connectivity index (χ2n) is 5.25. The van der Waals surface area contributed by atoms with Gasteiger partial charge in [0, 0.05) is 16.8 Å². The minimum atomic E-state index is -0.910. The van der Waals surface area contributed by atoms with Gasteiger partial charge in [0.25, 0.3) is 0 Å². The predicted octanol–water partition coefficient (Wildman–Crippen LogP) is 3.63. The maximum Gasteiger partial charge on any atom is 0.134 e. The summed E-state index contributed by atoms with van der Waals surface area (Å²) >= 11 is 1.53. The number of halogens is 1. The molecule has 0 aliphatic carbocycles. The van der Waals surface area contributed by atoms with Crippen LogP contribution in [-0.2, 0) is 12.1 Å². The molecule has 0 radical (unpaired) electrons. The van der Waals surface area contributed by atoms with Gasteiger partial charge >= 0.3 is 0 Å². The molecule has 0 saturated carbocycles. The molecule has 0 bridgehead atoms. The van der Waals surface area contributed by atoms with E-state index in [1.54, 1.807) is 13.0 Å². The fraction of sp³-hybridized carbons (Fsp3) is 0.250. The predicted molar refractivity (Wildman–Crippen MR) is 81.8 cm³/mol. The Labute approximate surface area is 126 Å². The number of benzene rings is 1. The summed E-state index contributed by atoms with van der Waals surface area (Å²) in [6, 6.07) is 10.1. The van der Waals surface area contributed by atoms with E-state index in [9.17, 15) is 9.50 Å². The average molecular weight is 305 g/mol. The Balaban J connectivity index is 1.64. The number of thiophene rings is 1. The van der Waals surface area contributed by atoms with E-state index in [0.717, 1.165) is 16.0 Å². The van der Waals surface area contributed by atoms with Crippen molar-refractivity contribution in [3.63, 3.8) is 0 Å². The lowest BCUT2D eigenvalue weighted by Gasteiger charge is -2.22. The van der Waals surface area contributed by atoms with Gasteiger partial charge in [-0.2, -0.15) is 0 Å². The van der Waals surface area contributed by atoms with Crippen molar-refractivity contribution < 1.29 is 13.9 Å². The van der Waals surface area contributed by atoms with Crippen molar-refractivity contribution in [2.24, 2.45) is 0 Å². The monoisotopic (exact) mass is 305 g/mol. The molecule has 3 nitrogen and oxygen atoms in total. The van der Waals surface area contributed by atoms with Crippen LogP contribution in [0, 0.1) is 5.82 Å². The molecule has 2 aromatic heterocycles. The first-order chi connectivity index (χ1) is 10.0. The fourth-order valence-electron chi connectivity index (χ4n) is 2.26. The highest BCUT2D eigenvalue weighted by atomic mass is 32.1. The van der Waals surface area contributed by atoms with Crippen LogP contribution >= 0.6 is 11.3 Å². The highest BCUT2D eigenvalue weighted by Gasteiger charge is 2.23. The van der Waals surface area contributed by atoms with Gasteiger partial charge in [-0.05, 0) is 42.6 Å². The van der Waals surface area contributed by atoms with Crippen LogP contribution in [-0.4, -0.2) is 11.7 Å². The SMILES string of the molecule is CC(O)(CNCc1cc2cc(F)ccc2o1)c1cccs1. The first kappa shape index (κ1) is 14.3. The van der Waals surface area contributed by atoms with Crippen LogP contribution in [0.25, 0.3) is 11.0 Å². The lowest BCUT2D eigenvalue weighted by atomic mass is 10.1. The Morgan fingerprint density at radius 3 is 2.95 bits per heavy atom. The number of rotatable bonds is 5. The number of nitrogens with one attached hydrogen (secondary N) is 1. The van der Waals surface area contributed by atoms with Crippen LogP contribution in [0.1, 0.15) is 17.6 Å². The lowest BCUT2D eigenvalue weighted by molar-refractivity contribution is 0.0600. The summed E-state index contributed by atoms with van der Waals surface area (Å²) in [6.07, 6.45) is 0. The van der Waals surface area contributed by atoms with E-state index in [4.69, 9.17) is 4.42 Å². The van der Waals surface area contributed by atoms with Gasteiger partial charge in [-0.25, -0.2) is 4.39 Å². The molecule has 0 saturated heterocycles. The Kier molecular flexibility index (Phi) is 3.80. The molecule has 0 amide bonds. The summed E-state index contributed by atoms with van der Waals surface area (Å²) in [4.78, 5) is 0.918. The van der Waals surface area contributed by atoms with Crippen molar-refractivity contribution in [3.8, 4) is 0 Å². The molecule has 3 aromatic rings. The standard InChI is InChI=1S/C16H16FNO2S/c1-16(19,15-3-2-6-21-15)10-18-9-13-8-11-7-12(17)4-5-14(11)20-13/h2-8,18-19H,9-10H2,1H3. The molecule has 2 N–H and O–H groups in total. The molecule has 0 spiro atoms. The normalized spacial score (nSPS) is 14.4. The van der Waals surface area contributed by atoms with Gasteiger partial charge in [-0.1, -0.05) is 6.07 Å². The average Bonchev–Trinajstić information content (AvgIpc) is 3.06. The molecular weight excluding hydrogens is 289 g/mol. The van der Waals surface area contributed by atoms with Gasteiger partial charge in [0.1, 0.15) is 22.8 Å². The highest BCUT2D eigenvalue weighted by molar-refractivity contribution is 7.10. The summed E-state index contributed by atoms with van der Waals surface area (Å²) in [6.45, 7) is 2.68. The van der Waals surface area contributed by atoms with Gasteiger partial charge < -0.3 is 14.8 Å². The largest absolute Gasteiger partial charge is 0.460 e. The van der Waals surface area contributed by atoms with Crippen molar-refractivity contribution >= 4 is 22.3 Å². The maximum absolute atomic E-state index is 13.1. The van der Waals surface area contributed by atoms with Gasteiger partial charge in [-0.15, -0.1) is 11.3 Å². The number of furan rings is 1. The third kappa shape index (κ3) is 3.15. The molecule has 1 unspecified atom stereocenters. The Hall–Kier alpha value is -1.69. The smallest absolute Gasteiger partial charge is 0.134 e. The van der Waals surface area contributed by atoms with Crippen molar-refractivity contribution in [2.45, 2.75) is 19.1 Å². The van der Waals surface area contributed by atoms with E-state index in [-0.39, 0.29) is 5.82 Å². The molecule has 1 atom stereocenters. The minimum absolute atomic E-state index is 0.275. The quantitative estimate of drug-likeness (QED) is 0.756. The molecular formula is C16H16FNO2S. The van der Waals surface area contributed by atoms with Crippen LogP contribution in [0.3, 0.4) is 0 Å². The molecule has 3 rings (SSSR count). The van der Waals surface area contributed by atoms with E-state index in [0.29, 0.717) is 18.7 Å². The molecule has 0 aliphatic rings. The zero-order valence-electron chi connectivity index (χ0n) is 11.6. The Morgan fingerprint density at radius 1 is 1.33 bits per heavy atom. The molecule has 0 fully saturated rings. The second-order valence-corrected chi connectivity index (χ2v) is 6.20. The van der Waals surface area contributed by atoms with E-state index in [1.165, 1.54) is 23.5 Å².